The minimum Gasteiger partial charge on any atom is -0.312 e. The lowest BCUT2D eigenvalue weighted by molar-refractivity contribution is -0.118. The van der Waals surface area contributed by atoms with Gasteiger partial charge in [0.05, 0.1) is 10.6 Å². The van der Waals surface area contributed by atoms with Crippen LogP contribution in [-0.4, -0.2) is 26.8 Å². The Morgan fingerprint density at radius 2 is 1.95 bits per heavy atom. The van der Waals surface area contributed by atoms with Gasteiger partial charge in [-0.2, -0.15) is 0 Å². The number of carbonyl (C=O) groups is 2. The summed E-state index contributed by atoms with van der Waals surface area (Å²) in [5, 5.41) is 0. The lowest BCUT2D eigenvalue weighted by atomic mass is 10.1. The summed E-state index contributed by atoms with van der Waals surface area (Å²) in [5.74, 6) is -0.649. The molecule has 1 heterocycles. The molecule has 1 fully saturated rings. The van der Waals surface area contributed by atoms with Crippen molar-refractivity contribution in [1.82, 2.24) is 4.72 Å². The van der Waals surface area contributed by atoms with E-state index in [4.69, 9.17) is 0 Å². The summed E-state index contributed by atoms with van der Waals surface area (Å²) in [6.07, 6.45) is 1.24. The molecular formula is C14H18N2O4S. The number of benzene rings is 1. The largest absolute Gasteiger partial charge is 0.312 e. The number of carbonyl (C=O) groups excluding carboxylic acids is 2. The Labute approximate surface area is 124 Å². The number of nitrogens with one attached hydrogen (secondary N) is 1. The van der Waals surface area contributed by atoms with Gasteiger partial charge in [-0.05, 0) is 37.5 Å². The highest BCUT2D eigenvalue weighted by atomic mass is 32.2. The van der Waals surface area contributed by atoms with Crippen molar-refractivity contribution >= 4 is 27.5 Å². The van der Waals surface area contributed by atoms with Crippen LogP contribution in [0.25, 0.3) is 0 Å². The van der Waals surface area contributed by atoms with Crippen LogP contribution in [0.3, 0.4) is 0 Å². The molecule has 114 valence electrons. The van der Waals surface area contributed by atoms with Gasteiger partial charge in [-0.25, -0.2) is 13.1 Å². The number of amides is 2. The zero-order chi connectivity index (χ0) is 15.8. The third kappa shape index (κ3) is 2.92. The molecule has 0 saturated carbocycles. The second-order valence-corrected chi connectivity index (χ2v) is 6.82. The molecule has 1 N–H and O–H groups in total. The Hall–Kier alpha value is -1.89. The first kappa shape index (κ1) is 15.5. The third-order valence-corrected chi connectivity index (χ3v) is 5.07. The Morgan fingerprint density at radius 3 is 2.48 bits per heavy atom. The van der Waals surface area contributed by atoms with Gasteiger partial charge in [-0.3, -0.25) is 9.59 Å². The summed E-state index contributed by atoms with van der Waals surface area (Å²) in [5.41, 5.74) is 1.95. The van der Waals surface area contributed by atoms with Crippen molar-refractivity contribution in [1.29, 1.82) is 0 Å². The third-order valence-electron chi connectivity index (χ3n) is 3.49. The van der Waals surface area contributed by atoms with Crippen molar-refractivity contribution in [2.45, 2.75) is 38.5 Å². The summed E-state index contributed by atoms with van der Waals surface area (Å²) < 4.78 is 26.3. The maximum absolute atomic E-state index is 12.2. The molecule has 1 aliphatic heterocycles. The summed E-state index contributed by atoms with van der Waals surface area (Å²) in [4.78, 5) is 24.6. The molecule has 6 nitrogen and oxygen atoms in total. The molecular weight excluding hydrogens is 292 g/mol. The number of hydrogen-bond donors (Lipinski definition) is 1. The predicted molar refractivity (Wildman–Crippen MR) is 78.5 cm³/mol. The van der Waals surface area contributed by atoms with E-state index in [9.17, 15) is 18.0 Å². The fraction of sp³-hybridized carbons (Fsp3) is 0.429. The van der Waals surface area contributed by atoms with E-state index in [-0.39, 0.29) is 10.8 Å². The van der Waals surface area contributed by atoms with Gasteiger partial charge in [0.25, 0.3) is 10.0 Å². The van der Waals surface area contributed by atoms with Crippen molar-refractivity contribution in [3.63, 3.8) is 0 Å². The fourth-order valence-corrected chi connectivity index (χ4v) is 3.89. The van der Waals surface area contributed by atoms with Crippen LogP contribution in [0.2, 0.25) is 0 Å². The molecule has 0 unspecified atom stereocenters. The minimum absolute atomic E-state index is 0.00437. The monoisotopic (exact) mass is 310 g/mol. The van der Waals surface area contributed by atoms with Crippen LogP contribution in [-0.2, 0) is 19.6 Å². The molecule has 1 aromatic rings. The van der Waals surface area contributed by atoms with Gasteiger partial charge in [0.2, 0.25) is 11.8 Å². The molecule has 0 bridgehead atoms. The standard InChI is InChI=1S/C14H18N2O4S/c1-9-6-7-12(21(19,20)15-11(3)17)10(2)14(9)16-8-4-5-13(16)18/h6-7H,4-5,8H2,1-3H3,(H,15,17). The van der Waals surface area contributed by atoms with Crippen molar-refractivity contribution in [2.75, 3.05) is 11.4 Å². The van der Waals surface area contributed by atoms with Gasteiger partial charge >= 0.3 is 0 Å². The molecule has 1 aliphatic rings. The van der Waals surface area contributed by atoms with Gasteiger partial charge in [0, 0.05) is 19.9 Å². The molecule has 2 rings (SSSR count). The predicted octanol–water partition coefficient (Wildman–Crippen LogP) is 1.26. The summed E-state index contributed by atoms with van der Waals surface area (Å²) in [7, 11) is -3.91. The van der Waals surface area contributed by atoms with Gasteiger partial charge in [0.1, 0.15) is 0 Å². The van der Waals surface area contributed by atoms with E-state index in [2.05, 4.69) is 0 Å². The molecule has 21 heavy (non-hydrogen) atoms. The van der Waals surface area contributed by atoms with E-state index in [0.29, 0.717) is 24.2 Å². The second kappa shape index (κ2) is 5.48. The molecule has 0 atom stereocenters. The molecule has 1 aromatic carbocycles. The van der Waals surface area contributed by atoms with Gasteiger partial charge < -0.3 is 4.90 Å². The smallest absolute Gasteiger partial charge is 0.264 e. The number of sulfonamides is 1. The highest BCUT2D eigenvalue weighted by molar-refractivity contribution is 7.90. The van der Waals surface area contributed by atoms with E-state index >= 15 is 0 Å². The van der Waals surface area contributed by atoms with Crippen molar-refractivity contribution in [3.05, 3.63) is 23.3 Å². The summed E-state index contributed by atoms with van der Waals surface area (Å²) in [6.45, 7) is 5.22. The zero-order valence-corrected chi connectivity index (χ0v) is 13.1. The number of anilines is 1. The maximum Gasteiger partial charge on any atom is 0.264 e. The van der Waals surface area contributed by atoms with E-state index in [1.54, 1.807) is 17.9 Å². The molecule has 7 heteroatoms. The van der Waals surface area contributed by atoms with E-state index in [1.165, 1.54) is 6.07 Å². The molecule has 0 spiro atoms. The van der Waals surface area contributed by atoms with Gasteiger partial charge in [-0.1, -0.05) is 6.07 Å². The van der Waals surface area contributed by atoms with Crippen LogP contribution >= 0.6 is 0 Å². The first-order valence-electron chi connectivity index (χ1n) is 6.68. The Kier molecular flexibility index (Phi) is 4.04. The van der Waals surface area contributed by atoms with Crippen LogP contribution in [0.4, 0.5) is 5.69 Å². The number of rotatable bonds is 3. The average Bonchev–Trinajstić information content (AvgIpc) is 2.73. The number of aryl methyl sites for hydroxylation is 1. The van der Waals surface area contributed by atoms with Crippen molar-refractivity contribution < 1.29 is 18.0 Å². The lowest BCUT2D eigenvalue weighted by Gasteiger charge is -2.22. The molecule has 1 saturated heterocycles. The SMILES string of the molecule is CC(=O)NS(=O)(=O)c1ccc(C)c(N2CCCC2=O)c1C. The summed E-state index contributed by atoms with van der Waals surface area (Å²) in [6, 6.07) is 3.11. The Bertz CT molecular complexity index is 710. The maximum atomic E-state index is 12.2. The Balaban J connectivity index is 2.57. The van der Waals surface area contributed by atoms with E-state index in [0.717, 1.165) is 18.9 Å². The second-order valence-electron chi connectivity index (χ2n) is 5.16. The number of hydrogen-bond acceptors (Lipinski definition) is 4. The van der Waals surface area contributed by atoms with Crippen LogP contribution in [0.15, 0.2) is 17.0 Å². The fourth-order valence-electron chi connectivity index (χ4n) is 2.65. The van der Waals surface area contributed by atoms with Crippen LogP contribution in [0, 0.1) is 13.8 Å². The quantitative estimate of drug-likeness (QED) is 0.911. The topological polar surface area (TPSA) is 83.6 Å². The van der Waals surface area contributed by atoms with E-state index in [1.807, 2.05) is 11.6 Å². The minimum atomic E-state index is -3.91. The molecule has 0 aliphatic carbocycles. The number of nitrogens with zero attached hydrogens (tertiary/aromatic N) is 1. The van der Waals surface area contributed by atoms with Crippen LogP contribution < -0.4 is 9.62 Å². The van der Waals surface area contributed by atoms with Crippen LogP contribution in [0.1, 0.15) is 30.9 Å². The van der Waals surface area contributed by atoms with Crippen molar-refractivity contribution in [2.24, 2.45) is 0 Å². The normalized spacial score (nSPS) is 15.4. The average molecular weight is 310 g/mol. The Morgan fingerprint density at radius 1 is 1.29 bits per heavy atom. The highest BCUT2D eigenvalue weighted by Gasteiger charge is 2.28. The first-order valence-corrected chi connectivity index (χ1v) is 8.16. The molecule has 0 radical (unpaired) electrons. The van der Waals surface area contributed by atoms with Gasteiger partial charge in [0.15, 0.2) is 0 Å². The van der Waals surface area contributed by atoms with Crippen molar-refractivity contribution in [3.8, 4) is 0 Å². The lowest BCUT2D eigenvalue weighted by Crippen LogP contribution is -2.30. The van der Waals surface area contributed by atoms with E-state index < -0.39 is 15.9 Å². The van der Waals surface area contributed by atoms with Crippen LogP contribution in [0.5, 0.6) is 0 Å². The zero-order valence-electron chi connectivity index (χ0n) is 12.3. The van der Waals surface area contributed by atoms with Gasteiger partial charge in [-0.15, -0.1) is 0 Å². The molecule has 2 amide bonds. The summed E-state index contributed by atoms with van der Waals surface area (Å²) >= 11 is 0. The molecule has 0 aromatic heterocycles. The first-order chi connectivity index (χ1) is 9.74. The highest BCUT2D eigenvalue weighted by Crippen LogP contribution is 2.32.